The fourth-order valence-electron chi connectivity index (χ4n) is 3.25. The van der Waals surface area contributed by atoms with Crippen molar-refractivity contribution in [1.82, 2.24) is 14.8 Å². The Labute approximate surface area is 170 Å². The topological polar surface area (TPSA) is 39.7 Å². The summed E-state index contributed by atoms with van der Waals surface area (Å²) in [6.07, 6.45) is 1.80. The highest BCUT2D eigenvalue weighted by atomic mass is 35.5. The van der Waals surface area contributed by atoms with E-state index in [9.17, 15) is 4.79 Å². The van der Waals surface area contributed by atoms with Crippen LogP contribution in [0, 0.1) is 0 Å². The molecule has 0 radical (unpaired) electrons. The van der Waals surface area contributed by atoms with E-state index >= 15 is 0 Å². The number of aromatic nitrogens is 1. The summed E-state index contributed by atoms with van der Waals surface area (Å²) in [6, 6.07) is 11.4. The average molecular weight is 407 g/mol. The third-order valence-electron chi connectivity index (χ3n) is 5.06. The van der Waals surface area contributed by atoms with Crippen molar-refractivity contribution in [2.24, 2.45) is 0 Å². The van der Waals surface area contributed by atoms with E-state index < -0.39 is 0 Å². The molecule has 1 saturated heterocycles. The first-order valence-corrected chi connectivity index (χ1v) is 9.80. The summed E-state index contributed by atoms with van der Waals surface area (Å²) in [7, 11) is 1.94. The summed E-state index contributed by atoms with van der Waals surface area (Å²) in [5, 5.41) is 1.23. The molecule has 0 aliphatic carbocycles. The molecule has 1 fully saturated rings. The fourth-order valence-corrected chi connectivity index (χ4v) is 3.82. The smallest absolute Gasteiger partial charge is 0.236 e. The van der Waals surface area contributed by atoms with Crippen LogP contribution in [0.3, 0.4) is 0 Å². The Hall–Kier alpha value is -1.82. The zero-order valence-corrected chi connectivity index (χ0v) is 17.1. The molecular weight excluding hydrogens is 383 g/mol. The Kier molecular flexibility index (Phi) is 6.58. The molecule has 2 heterocycles. The van der Waals surface area contributed by atoms with Crippen LogP contribution in [0.2, 0.25) is 10.0 Å². The number of nitrogens with zero attached hydrogens (tertiary/aromatic N) is 4. The summed E-state index contributed by atoms with van der Waals surface area (Å²) < 4.78 is 0. The van der Waals surface area contributed by atoms with Crippen LogP contribution in [0.4, 0.5) is 5.82 Å². The summed E-state index contributed by atoms with van der Waals surface area (Å²) in [5.41, 5.74) is 0.969. The van der Waals surface area contributed by atoms with Crippen molar-refractivity contribution in [3.05, 3.63) is 58.2 Å². The fraction of sp³-hybridized carbons (Fsp3) is 0.400. The second-order valence-corrected chi connectivity index (χ2v) is 7.66. The molecule has 0 unspecified atom stereocenters. The van der Waals surface area contributed by atoms with E-state index in [-0.39, 0.29) is 11.9 Å². The van der Waals surface area contributed by atoms with Crippen LogP contribution >= 0.6 is 23.2 Å². The highest BCUT2D eigenvalue weighted by Crippen LogP contribution is 2.29. The second kappa shape index (κ2) is 8.91. The standard InChI is InChI=1S/C20H24Cl2N4O/c1-15(17-7-6-16(21)13-18(17)22)24(2)14-20(27)26-11-9-25(10-12-26)19-5-3-4-8-23-19/h3-8,13,15H,9-12,14H2,1-2H3/t15-/m0/s1. The van der Waals surface area contributed by atoms with Gasteiger partial charge in [-0.2, -0.15) is 0 Å². The maximum absolute atomic E-state index is 12.7. The zero-order valence-electron chi connectivity index (χ0n) is 15.6. The monoisotopic (exact) mass is 406 g/mol. The molecule has 1 amide bonds. The summed E-state index contributed by atoms with van der Waals surface area (Å²) in [6.45, 7) is 5.40. The van der Waals surface area contributed by atoms with Gasteiger partial charge in [0, 0.05) is 48.5 Å². The summed E-state index contributed by atoms with van der Waals surface area (Å²) in [4.78, 5) is 23.3. The molecule has 1 aromatic heterocycles. The number of anilines is 1. The lowest BCUT2D eigenvalue weighted by atomic mass is 10.1. The van der Waals surface area contributed by atoms with Gasteiger partial charge in [-0.3, -0.25) is 9.69 Å². The highest BCUT2D eigenvalue weighted by molar-refractivity contribution is 6.35. The molecule has 1 atom stereocenters. The number of piperazine rings is 1. The van der Waals surface area contributed by atoms with Crippen LogP contribution in [0.25, 0.3) is 0 Å². The number of pyridine rings is 1. The number of carbonyl (C=O) groups is 1. The Morgan fingerprint density at radius 3 is 2.56 bits per heavy atom. The molecule has 0 bridgehead atoms. The Balaban J connectivity index is 1.54. The van der Waals surface area contributed by atoms with Crippen LogP contribution in [0.1, 0.15) is 18.5 Å². The molecule has 144 valence electrons. The van der Waals surface area contributed by atoms with E-state index in [1.807, 2.05) is 54.1 Å². The lowest BCUT2D eigenvalue weighted by molar-refractivity contribution is -0.132. The minimum atomic E-state index is 0.0218. The van der Waals surface area contributed by atoms with Gasteiger partial charge in [0.25, 0.3) is 0 Å². The maximum Gasteiger partial charge on any atom is 0.236 e. The van der Waals surface area contributed by atoms with Crippen molar-refractivity contribution in [3.8, 4) is 0 Å². The lowest BCUT2D eigenvalue weighted by Gasteiger charge is -2.36. The first kappa shape index (κ1) is 19.9. The average Bonchev–Trinajstić information content (AvgIpc) is 2.68. The quantitative estimate of drug-likeness (QED) is 0.758. The highest BCUT2D eigenvalue weighted by Gasteiger charge is 2.24. The third-order valence-corrected chi connectivity index (χ3v) is 5.63. The number of hydrogen-bond acceptors (Lipinski definition) is 4. The predicted octanol–water partition coefficient (Wildman–Crippen LogP) is 3.73. The molecule has 0 N–H and O–H groups in total. The van der Waals surface area contributed by atoms with Gasteiger partial charge in [0.1, 0.15) is 5.82 Å². The Morgan fingerprint density at radius 2 is 1.93 bits per heavy atom. The van der Waals surface area contributed by atoms with Crippen LogP contribution in [-0.4, -0.2) is 60.5 Å². The Morgan fingerprint density at radius 1 is 1.19 bits per heavy atom. The molecule has 3 rings (SSSR count). The van der Waals surface area contributed by atoms with Gasteiger partial charge in [0.15, 0.2) is 0 Å². The third kappa shape index (κ3) is 4.92. The number of amides is 1. The largest absolute Gasteiger partial charge is 0.353 e. The molecule has 5 nitrogen and oxygen atoms in total. The van der Waals surface area contributed by atoms with Crippen molar-refractivity contribution >= 4 is 34.9 Å². The van der Waals surface area contributed by atoms with Crippen LogP contribution in [0.15, 0.2) is 42.6 Å². The van der Waals surface area contributed by atoms with Crippen LogP contribution in [-0.2, 0) is 4.79 Å². The van der Waals surface area contributed by atoms with Crippen molar-refractivity contribution in [1.29, 1.82) is 0 Å². The van der Waals surface area contributed by atoms with E-state index in [1.54, 1.807) is 12.3 Å². The minimum absolute atomic E-state index is 0.0218. The van der Waals surface area contributed by atoms with Gasteiger partial charge >= 0.3 is 0 Å². The molecule has 7 heteroatoms. The van der Waals surface area contributed by atoms with Gasteiger partial charge in [-0.05, 0) is 43.8 Å². The first-order valence-electron chi connectivity index (χ1n) is 9.04. The van der Waals surface area contributed by atoms with Crippen molar-refractivity contribution in [3.63, 3.8) is 0 Å². The van der Waals surface area contributed by atoms with Crippen molar-refractivity contribution in [2.75, 3.05) is 44.7 Å². The van der Waals surface area contributed by atoms with Gasteiger partial charge in [0.05, 0.1) is 6.54 Å². The second-order valence-electron chi connectivity index (χ2n) is 6.81. The number of rotatable bonds is 5. The van der Waals surface area contributed by atoms with E-state index in [0.29, 0.717) is 29.7 Å². The number of benzene rings is 1. The maximum atomic E-state index is 12.7. The molecular formula is C20H24Cl2N4O. The van der Waals surface area contributed by atoms with E-state index in [0.717, 1.165) is 24.5 Å². The van der Waals surface area contributed by atoms with Gasteiger partial charge in [-0.15, -0.1) is 0 Å². The first-order chi connectivity index (χ1) is 13.0. The van der Waals surface area contributed by atoms with Gasteiger partial charge < -0.3 is 9.80 Å². The summed E-state index contributed by atoms with van der Waals surface area (Å²) in [5.74, 6) is 1.10. The number of carbonyl (C=O) groups excluding carboxylic acids is 1. The van der Waals surface area contributed by atoms with E-state index in [4.69, 9.17) is 23.2 Å². The summed E-state index contributed by atoms with van der Waals surface area (Å²) >= 11 is 12.3. The predicted molar refractivity (Wildman–Crippen MR) is 111 cm³/mol. The van der Waals surface area contributed by atoms with Gasteiger partial charge in [-0.25, -0.2) is 4.98 Å². The molecule has 0 saturated carbocycles. The zero-order chi connectivity index (χ0) is 19.4. The van der Waals surface area contributed by atoms with Crippen molar-refractivity contribution in [2.45, 2.75) is 13.0 Å². The van der Waals surface area contributed by atoms with Crippen LogP contribution < -0.4 is 4.90 Å². The molecule has 27 heavy (non-hydrogen) atoms. The molecule has 0 spiro atoms. The molecule has 1 aliphatic heterocycles. The molecule has 1 aliphatic rings. The van der Waals surface area contributed by atoms with Crippen molar-refractivity contribution < 1.29 is 4.79 Å². The van der Waals surface area contributed by atoms with E-state index in [1.165, 1.54) is 0 Å². The SMILES string of the molecule is C[C@@H](c1ccc(Cl)cc1Cl)N(C)CC(=O)N1CCN(c2ccccn2)CC1. The minimum Gasteiger partial charge on any atom is -0.353 e. The lowest BCUT2D eigenvalue weighted by Crippen LogP contribution is -2.51. The van der Waals surface area contributed by atoms with Gasteiger partial charge in [-0.1, -0.05) is 35.3 Å². The van der Waals surface area contributed by atoms with E-state index in [2.05, 4.69) is 9.88 Å². The van der Waals surface area contributed by atoms with Crippen LogP contribution in [0.5, 0.6) is 0 Å². The number of likely N-dealkylation sites (N-methyl/N-ethyl adjacent to an activating group) is 1. The molecule has 2 aromatic rings. The normalized spacial score (nSPS) is 15.9. The Bertz CT molecular complexity index is 779. The molecule has 1 aromatic carbocycles. The number of hydrogen-bond donors (Lipinski definition) is 0. The van der Waals surface area contributed by atoms with Gasteiger partial charge in [0.2, 0.25) is 5.91 Å². The number of halogens is 2.